The smallest absolute Gasteiger partial charge is 0.339 e. The van der Waals surface area contributed by atoms with E-state index in [2.05, 4.69) is 0 Å². The third-order valence-electron chi connectivity index (χ3n) is 5.11. The van der Waals surface area contributed by atoms with Crippen molar-refractivity contribution in [1.29, 1.82) is 0 Å². The quantitative estimate of drug-likeness (QED) is 0.382. The molecule has 1 aliphatic carbocycles. The summed E-state index contributed by atoms with van der Waals surface area (Å²) in [5.74, 6) is -0.795. The molecule has 3 aromatic carbocycles. The summed E-state index contributed by atoms with van der Waals surface area (Å²) < 4.78 is 5.36. The summed E-state index contributed by atoms with van der Waals surface area (Å²) in [7, 11) is 0. The highest BCUT2D eigenvalue weighted by atomic mass is 16.5. The molecular formula is C24H15NO4. The molecule has 2 aliphatic rings. The van der Waals surface area contributed by atoms with Crippen LogP contribution in [-0.2, 0) is 4.79 Å². The van der Waals surface area contributed by atoms with Gasteiger partial charge < -0.3 is 4.74 Å². The van der Waals surface area contributed by atoms with Crippen LogP contribution in [-0.4, -0.2) is 17.8 Å². The van der Waals surface area contributed by atoms with Gasteiger partial charge in [-0.1, -0.05) is 42.5 Å². The monoisotopic (exact) mass is 381 g/mol. The minimum Gasteiger partial charge on any atom is -0.423 e. The Balaban J connectivity index is 1.46. The Bertz CT molecular complexity index is 1200. The summed E-state index contributed by atoms with van der Waals surface area (Å²) >= 11 is 0. The Morgan fingerprint density at radius 3 is 2.10 bits per heavy atom. The van der Waals surface area contributed by atoms with Crippen LogP contribution in [0.1, 0.15) is 27.1 Å². The van der Waals surface area contributed by atoms with Gasteiger partial charge in [0.05, 0.1) is 5.69 Å². The van der Waals surface area contributed by atoms with Crippen LogP contribution in [0.25, 0.3) is 10.8 Å². The summed E-state index contributed by atoms with van der Waals surface area (Å²) in [6.07, 6.45) is 5.97. The van der Waals surface area contributed by atoms with E-state index in [1.165, 1.54) is 0 Å². The van der Waals surface area contributed by atoms with E-state index >= 15 is 0 Å². The molecule has 3 aromatic rings. The minimum atomic E-state index is -0.409. The highest BCUT2D eigenvalue weighted by Gasteiger charge is 2.33. The van der Waals surface area contributed by atoms with Crippen LogP contribution < -0.4 is 9.64 Å². The van der Waals surface area contributed by atoms with Crippen molar-refractivity contribution in [3.05, 3.63) is 95.6 Å². The van der Waals surface area contributed by atoms with Crippen LogP contribution >= 0.6 is 0 Å². The van der Waals surface area contributed by atoms with Gasteiger partial charge in [0.15, 0.2) is 0 Å². The first kappa shape index (κ1) is 17.1. The van der Waals surface area contributed by atoms with E-state index in [0.717, 1.165) is 10.3 Å². The number of imide groups is 1. The first-order valence-corrected chi connectivity index (χ1v) is 9.22. The summed E-state index contributed by atoms with van der Waals surface area (Å²) in [5.41, 5.74) is 2.00. The van der Waals surface area contributed by atoms with Crippen molar-refractivity contribution in [3.63, 3.8) is 0 Å². The summed E-state index contributed by atoms with van der Waals surface area (Å²) in [6, 6.07) is 17.2. The van der Waals surface area contributed by atoms with E-state index in [0.29, 0.717) is 39.9 Å². The maximum absolute atomic E-state index is 13.1. The van der Waals surface area contributed by atoms with Crippen molar-refractivity contribution in [2.75, 3.05) is 4.90 Å². The van der Waals surface area contributed by atoms with Crippen molar-refractivity contribution >= 4 is 34.2 Å². The largest absolute Gasteiger partial charge is 0.423 e. The molecular weight excluding hydrogens is 366 g/mol. The van der Waals surface area contributed by atoms with Crippen LogP contribution in [0.15, 0.2) is 84.5 Å². The zero-order chi connectivity index (χ0) is 20.0. The predicted octanol–water partition coefficient (Wildman–Crippen LogP) is 4.43. The lowest BCUT2D eigenvalue weighted by molar-refractivity contribution is -0.130. The lowest BCUT2D eigenvalue weighted by atomic mass is 9.94. The highest BCUT2D eigenvalue weighted by molar-refractivity contribution is 6.35. The fourth-order valence-corrected chi connectivity index (χ4v) is 3.70. The maximum atomic E-state index is 13.1. The molecule has 0 bridgehead atoms. The molecule has 1 heterocycles. The lowest BCUT2D eigenvalue weighted by Gasteiger charge is -2.27. The summed E-state index contributed by atoms with van der Waals surface area (Å²) in [5, 5.41) is 1.55. The van der Waals surface area contributed by atoms with Gasteiger partial charge in [-0.05, 0) is 48.2 Å². The number of ether oxygens (including phenoxy) is 1. The molecule has 5 nitrogen and oxygen atoms in total. The first-order valence-electron chi connectivity index (χ1n) is 9.22. The standard InChI is InChI=1S/C24H15NO4/c26-22-19-9-3-7-15-8-4-10-20(21(15)19)23(27)25(22)17-11-13-18(14-12-17)29-24(28)16-5-1-2-6-16/h1-5,7-14H,6H2. The van der Waals surface area contributed by atoms with Crippen molar-refractivity contribution in [3.8, 4) is 5.75 Å². The van der Waals surface area contributed by atoms with E-state index < -0.39 is 5.97 Å². The molecule has 0 spiro atoms. The van der Waals surface area contributed by atoms with E-state index in [4.69, 9.17) is 4.74 Å². The van der Waals surface area contributed by atoms with Gasteiger partial charge >= 0.3 is 5.97 Å². The molecule has 0 radical (unpaired) electrons. The van der Waals surface area contributed by atoms with Crippen LogP contribution in [0.4, 0.5) is 5.69 Å². The van der Waals surface area contributed by atoms with Gasteiger partial charge in [0.25, 0.3) is 11.8 Å². The van der Waals surface area contributed by atoms with Crippen LogP contribution in [0, 0.1) is 0 Å². The van der Waals surface area contributed by atoms with Gasteiger partial charge in [0, 0.05) is 22.1 Å². The Morgan fingerprint density at radius 2 is 1.52 bits per heavy atom. The fraction of sp³-hybridized carbons (Fsp3) is 0.0417. The van der Waals surface area contributed by atoms with E-state index in [9.17, 15) is 14.4 Å². The third-order valence-corrected chi connectivity index (χ3v) is 5.11. The van der Waals surface area contributed by atoms with Gasteiger partial charge in [0.1, 0.15) is 5.75 Å². The van der Waals surface area contributed by atoms with Crippen LogP contribution in [0.3, 0.4) is 0 Å². The zero-order valence-corrected chi connectivity index (χ0v) is 15.3. The molecule has 0 unspecified atom stereocenters. The number of benzene rings is 3. The minimum absolute atomic E-state index is 0.353. The molecule has 0 saturated heterocycles. The topological polar surface area (TPSA) is 63.7 Å². The number of hydrogen-bond donors (Lipinski definition) is 0. The molecule has 29 heavy (non-hydrogen) atoms. The lowest BCUT2D eigenvalue weighted by Crippen LogP contribution is -2.40. The fourth-order valence-electron chi connectivity index (χ4n) is 3.70. The normalized spacial score (nSPS) is 15.0. The van der Waals surface area contributed by atoms with Gasteiger partial charge in [-0.3, -0.25) is 9.59 Å². The number of nitrogens with zero attached hydrogens (tertiary/aromatic N) is 1. The Hall–Kier alpha value is -3.99. The predicted molar refractivity (Wildman–Crippen MR) is 109 cm³/mol. The maximum Gasteiger partial charge on any atom is 0.339 e. The molecule has 0 aromatic heterocycles. The molecule has 5 heteroatoms. The SMILES string of the molecule is O=C(Oc1ccc(N2C(=O)c3cccc4cccc(c34)C2=O)cc1)C1=CC=CC1. The first-order chi connectivity index (χ1) is 14.1. The zero-order valence-electron chi connectivity index (χ0n) is 15.3. The third kappa shape index (κ3) is 2.75. The highest BCUT2D eigenvalue weighted by Crippen LogP contribution is 2.33. The van der Waals surface area contributed by atoms with E-state index in [1.54, 1.807) is 42.5 Å². The number of allylic oxidation sites excluding steroid dienone is 3. The number of rotatable bonds is 3. The van der Waals surface area contributed by atoms with Gasteiger partial charge in [-0.15, -0.1) is 0 Å². The molecule has 140 valence electrons. The Labute approximate surface area is 166 Å². The van der Waals surface area contributed by atoms with Crippen LogP contribution in [0.2, 0.25) is 0 Å². The summed E-state index contributed by atoms with van der Waals surface area (Å²) in [4.78, 5) is 39.4. The molecule has 0 atom stereocenters. The molecule has 5 rings (SSSR count). The van der Waals surface area contributed by atoms with E-state index in [-0.39, 0.29) is 11.8 Å². The number of anilines is 1. The van der Waals surface area contributed by atoms with Crippen molar-refractivity contribution in [2.45, 2.75) is 6.42 Å². The number of carbonyl (C=O) groups excluding carboxylic acids is 3. The summed E-state index contributed by atoms with van der Waals surface area (Å²) in [6.45, 7) is 0. The average Bonchev–Trinajstić information content (AvgIpc) is 3.28. The second-order valence-electron chi connectivity index (χ2n) is 6.86. The van der Waals surface area contributed by atoms with E-state index in [1.807, 2.05) is 36.4 Å². The Kier molecular flexibility index (Phi) is 3.88. The van der Waals surface area contributed by atoms with Crippen LogP contribution in [0.5, 0.6) is 5.75 Å². The number of carbonyl (C=O) groups is 3. The molecule has 1 aliphatic heterocycles. The van der Waals surface area contributed by atoms with Gasteiger partial charge in [-0.2, -0.15) is 0 Å². The second kappa shape index (κ2) is 6.56. The second-order valence-corrected chi connectivity index (χ2v) is 6.86. The molecule has 0 saturated carbocycles. The average molecular weight is 381 g/mol. The molecule has 0 fully saturated rings. The molecule has 2 amide bonds. The number of hydrogen-bond acceptors (Lipinski definition) is 4. The number of amides is 2. The van der Waals surface area contributed by atoms with Gasteiger partial charge in [-0.25, -0.2) is 9.69 Å². The molecule has 0 N–H and O–H groups in total. The number of esters is 1. The Morgan fingerprint density at radius 1 is 0.862 bits per heavy atom. The van der Waals surface area contributed by atoms with Crippen molar-refractivity contribution in [1.82, 2.24) is 0 Å². The van der Waals surface area contributed by atoms with Crippen molar-refractivity contribution in [2.24, 2.45) is 0 Å². The van der Waals surface area contributed by atoms with Gasteiger partial charge in [0.2, 0.25) is 0 Å². The van der Waals surface area contributed by atoms with Crippen molar-refractivity contribution < 1.29 is 19.1 Å².